The molecule has 4 rings (SSSR count). The number of fused-ring (bicyclic) bond motifs is 2. The average Bonchev–Trinajstić information content (AvgIpc) is 3.11. The third kappa shape index (κ3) is 6.87. The Kier molecular flexibility index (Phi) is 9.42. The number of primary amides is 1. The number of carbonyl (C=O) groups is 2. The van der Waals surface area contributed by atoms with Gasteiger partial charge in [-0.05, 0) is 88.6 Å². The van der Waals surface area contributed by atoms with Gasteiger partial charge in [0.2, 0.25) is 5.91 Å². The first-order chi connectivity index (χ1) is 17.3. The number of piperidine rings is 1. The molecular formula is C29H46N4O3. The molecule has 1 aliphatic carbocycles. The highest BCUT2D eigenvalue weighted by molar-refractivity contribution is 5.92. The van der Waals surface area contributed by atoms with Gasteiger partial charge in [0.05, 0.1) is 0 Å². The Morgan fingerprint density at radius 2 is 1.75 bits per heavy atom. The summed E-state index contributed by atoms with van der Waals surface area (Å²) in [6.45, 7) is 3.06. The van der Waals surface area contributed by atoms with Gasteiger partial charge < -0.3 is 20.6 Å². The van der Waals surface area contributed by atoms with Gasteiger partial charge in [-0.3, -0.25) is 14.5 Å². The molecule has 1 saturated carbocycles. The van der Waals surface area contributed by atoms with E-state index in [0.29, 0.717) is 49.0 Å². The van der Waals surface area contributed by atoms with E-state index in [-0.39, 0.29) is 11.8 Å². The van der Waals surface area contributed by atoms with E-state index in [0.717, 1.165) is 25.9 Å². The molecule has 4 atom stereocenters. The summed E-state index contributed by atoms with van der Waals surface area (Å²) in [7, 11) is 3.95. The van der Waals surface area contributed by atoms with Crippen molar-refractivity contribution >= 4 is 11.8 Å². The standard InChI is InChI=1S/C29H46N4O3/c1-31(2)14-13-27(34)29(36)32(20-21-7-4-3-5-8-21)15-16-33-25-11-12-26(33)19-24(18-25)22-9-6-10-23(17-22)28(30)35/h6,9-10,17,21,24-27,34H,3-5,7-8,11-16,18-20H2,1-2H3,(H2,30,35)/t24-,25+,26-,27-/m0/s1. The quantitative estimate of drug-likeness (QED) is 0.489. The Labute approximate surface area is 217 Å². The summed E-state index contributed by atoms with van der Waals surface area (Å²) in [5.41, 5.74) is 7.33. The van der Waals surface area contributed by atoms with E-state index < -0.39 is 6.10 Å². The summed E-state index contributed by atoms with van der Waals surface area (Å²) >= 11 is 0. The highest BCUT2D eigenvalue weighted by atomic mass is 16.3. The monoisotopic (exact) mass is 498 g/mol. The number of nitrogens with two attached hydrogens (primary N) is 1. The minimum absolute atomic E-state index is 0.0899. The van der Waals surface area contributed by atoms with Gasteiger partial charge in [-0.15, -0.1) is 0 Å². The topological polar surface area (TPSA) is 90.1 Å². The Hall–Kier alpha value is -1.96. The summed E-state index contributed by atoms with van der Waals surface area (Å²) in [5, 5.41) is 10.7. The molecule has 0 unspecified atom stereocenters. The van der Waals surface area contributed by atoms with E-state index in [1.807, 2.05) is 36.0 Å². The van der Waals surface area contributed by atoms with E-state index in [4.69, 9.17) is 5.73 Å². The molecule has 0 aromatic heterocycles. The van der Waals surface area contributed by atoms with Crippen LogP contribution in [0, 0.1) is 5.92 Å². The van der Waals surface area contributed by atoms with Gasteiger partial charge in [-0.1, -0.05) is 31.4 Å². The van der Waals surface area contributed by atoms with Crippen molar-refractivity contribution in [1.29, 1.82) is 0 Å². The Morgan fingerprint density at radius 1 is 1.06 bits per heavy atom. The molecule has 2 aliphatic heterocycles. The molecule has 2 heterocycles. The number of rotatable bonds is 11. The Balaban J connectivity index is 1.38. The van der Waals surface area contributed by atoms with Crippen LogP contribution in [0.5, 0.6) is 0 Å². The van der Waals surface area contributed by atoms with Crippen molar-refractivity contribution in [3.8, 4) is 0 Å². The molecule has 2 amide bonds. The summed E-state index contributed by atoms with van der Waals surface area (Å²) < 4.78 is 0. The van der Waals surface area contributed by atoms with Gasteiger partial charge in [0, 0.05) is 43.8 Å². The highest BCUT2D eigenvalue weighted by Crippen LogP contribution is 2.43. The van der Waals surface area contributed by atoms with Crippen molar-refractivity contribution in [1.82, 2.24) is 14.7 Å². The fraction of sp³-hybridized carbons (Fsp3) is 0.724. The van der Waals surface area contributed by atoms with E-state index >= 15 is 0 Å². The largest absolute Gasteiger partial charge is 0.383 e. The maximum Gasteiger partial charge on any atom is 0.251 e. The first-order valence-corrected chi connectivity index (χ1v) is 14.1. The number of nitrogens with zero attached hydrogens (tertiary/aromatic N) is 3. The molecule has 36 heavy (non-hydrogen) atoms. The number of aliphatic hydroxyl groups excluding tert-OH is 1. The number of carbonyl (C=O) groups excluding carboxylic acids is 2. The number of hydrogen-bond donors (Lipinski definition) is 2. The molecule has 2 saturated heterocycles. The molecule has 7 nitrogen and oxygen atoms in total. The number of benzene rings is 1. The van der Waals surface area contributed by atoms with Crippen molar-refractivity contribution in [2.24, 2.45) is 11.7 Å². The molecular weight excluding hydrogens is 452 g/mol. The van der Waals surface area contributed by atoms with Crippen LogP contribution in [-0.2, 0) is 4.79 Å². The van der Waals surface area contributed by atoms with E-state index in [1.54, 1.807) is 6.07 Å². The molecule has 3 aliphatic rings. The molecule has 3 N–H and O–H groups in total. The number of amides is 2. The Bertz CT molecular complexity index is 871. The predicted molar refractivity (Wildman–Crippen MR) is 143 cm³/mol. The summed E-state index contributed by atoms with van der Waals surface area (Å²) in [5.74, 6) is 0.551. The van der Waals surface area contributed by atoms with Crippen LogP contribution in [0.1, 0.15) is 86.0 Å². The molecule has 0 radical (unpaired) electrons. The van der Waals surface area contributed by atoms with Gasteiger partial charge >= 0.3 is 0 Å². The van der Waals surface area contributed by atoms with Gasteiger partial charge in [0.1, 0.15) is 6.10 Å². The van der Waals surface area contributed by atoms with Crippen LogP contribution in [0.15, 0.2) is 24.3 Å². The van der Waals surface area contributed by atoms with Gasteiger partial charge in [-0.25, -0.2) is 0 Å². The third-order valence-corrected chi connectivity index (χ3v) is 8.80. The zero-order valence-corrected chi connectivity index (χ0v) is 22.3. The molecule has 2 bridgehead atoms. The van der Waals surface area contributed by atoms with E-state index in [1.165, 1.54) is 50.5 Å². The fourth-order valence-electron chi connectivity index (χ4n) is 6.78. The SMILES string of the molecule is CN(C)CC[C@H](O)C(=O)N(CCN1[C@@H]2CC[C@H]1C[C@@H](c1cccc(C(N)=O)c1)C2)CC1CCCCC1. The van der Waals surface area contributed by atoms with Crippen LogP contribution in [-0.4, -0.2) is 90.1 Å². The van der Waals surface area contributed by atoms with Gasteiger partial charge in [-0.2, -0.15) is 0 Å². The first-order valence-electron chi connectivity index (χ1n) is 14.1. The van der Waals surface area contributed by atoms with Crippen molar-refractivity contribution in [2.75, 3.05) is 40.3 Å². The lowest BCUT2D eigenvalue weighted by Gasteiger charge is -2.41. The molecule has 1 aromatic carbocycles. The smallest absolute Gasteiger partial charge is 0.251 e. The molecule has 0 spiro atoms. The third-order valence-electron chi connectivity index (χ3n) is 8.80. The zero-order chi connectivity index (χ0) is 25.7. The molecule has 200 valence electrons. The highest BCUT2D eigenvalue weighted by Gasteiger charge is 2.41. The Morgan fingerprint density at radius 3 is 2.39 bits per heavy atom. The van der Waals surface area contributed by atoms with Crippen molar-refractivity contribution in [3.05, 3.63) is 35.4 Å². The van der Waals surface area contributed by atoms with Crippen molar-refractivity contribution in [2.45, 2.75) is 88.3 Å². The summed E-state index contributed by atoms with van der Waals surface area (Å²) in [6, 6.07) is 8.86. The zero-order valence-electron chi connectivity index (χ0n) is 22.3. The second-order valence-corrected chi connectivity index (χ2v) is 11.7. The first kappa shape index (κ1) is 27.1. The second kappa shape index (κ2) is 12.5. The van der Waals surface area contributed by atoms with Crippen LogP contribution >= 0.6 is 0 Å². The lowest BCUT2D eigenvalue weighted by molar-refractivity contribution is -0.142. The van der Waals surface area contributed by atoms with Crippen LogP contribution in [0.2, 0.25) is 0 Å². The van der Waals surface area contributed by atoms with E-state index in [2.05, 4.69) is 11.0 Å². The fourth-order valence-corrected chi connectivity index (χ4v) is 6.78. The van der Waals surface area contributed by atoms with Gasteiger partial charge in [0.15, 0.2) is 0 Å². The van der Waals surface area contributed by atoms with Crippen LogP contribution in [0.4, 0.5) is 0 Å². The molecule has 1 aromatic rings. The van der Waals surface area contributed by atoms with Gasteiger partial charge in [0.25, 0.3) is 5.91 Å². The van der Waals surface area contributed by atoms with Crippen molar-refractivity contribution in [3.63, 3.8) is 0 Å². The van der Waals surface area contributed by atoms with Crippen molar-refractivity contribution < 1.29 is 14.7 Å². The minimum atomic E-state index is -0.920. The van der Waals surface area contributed by atoms with E-state index in [9.17, 15) is 14.7 Å². The maximum absolute atomic E-state index is 13.3. The predicted octanol–water partition coefficient (Wildman–Crippen LogP) is 3.22. The lowest BCUT2D eigenvalue weighted by atomic mass is 9.84. The van der Waals surface area contributed by atoms with Crippen LogP contribution < -0.4 is 5.73 Å². The average molecular weight is 499 g/mol. The second-order valence-electron chi connectivity index (χ2n) is 11.7. The molecule has 3 fully saturated rings. The number of aliphatic hydroxyl groups is 1. The lowest BCUT2D eigenvalue weighted by Crippen LogP contribution is -2.49. The molecule has 7 heteroatoms. The van der Waals surface area contributed by atoms with Crippen LogP contribution in [0.25, 0.3) is 0 Å². The van der Waals surface area contributed by atoms with Crippen LogP contribution in [0.3, 0.4) is 0 Å². The maximum atomic E-state index is 13.3. The normalized spacial score (nSPS) is 25.7. The minimum Gasteiger partial charge on any atom is -0.383 e. The number of hydrogen-bond acceptors (Lipinski definition) is 5. The summed E-state index contributed by atoms with van der Waals surface area (Å²) in [6.07, 6.45) is 10.3. The summed E-state index contributed by atoms with van der Waals surface area (Å²) in [4.78, 5) is 31.6.